The van der Waals surface area contributed by atoms with Crippen molar-refractivity contribution < 1.29 is 14.4 Å². The summed E-state index contributed by atoms with van der Waals surface area (Å²) in [5.74, 6) is -2.05. The number of halogens is 1. The quantitative estimate of drug-likeness (QED) is 0.777. The molecule has 3 aliphatic heterocycles. The lowest BCUT2D eigenvalue weighted by molar-refractivity contribution is -0.145. The standard InChI is InChI=1S/C19H22ClN3O3/c1-5-9(3)23-16(24)13-10(4)22-19(14(13)17(23)25)12-7-11(20)6-8(2)15(12)21-18(19)26/h6-7,9-10,13-14,22H,5H2,1-4H3,(H,21,26). The van der Waals surface area contributed by atoms with E-state index in [1.54, 1.807) is 12.1 Å². The lowest BCUT2D eigenvalue weighted by Gasteiger charge is -2.30. The van der Waals surface area contributed by atoms with Gasteiger partial charge in [-0.3, -0.25) is 24.6 Å². The van der Waals surface area contributed by atoms with Gasteiger partial charge in [0.15, 0.2) is 0 Å². The molecule has 1 aromatic carbocycles. The number of fused-ring (bicyclic) bond motifs is 4. The second-order valence-corrected chi connectivity index (χ2v) is 8.08. The number of anilines is 1. The number of aryl methyl sites for hydroxylation is 1. The van der Waals surface area contributed by atoms with Gasteiger partial charge in [0, 0.05) is 28.4 Å². The van der Waals surface area contributed by atoms with Crippen LogP contribution in [-0.2, 0) is 19.9 Å². The fourth-order valence-electron chi connectivity index (χ4n) is 4.83. The molecule has 6 nitrogen and oxygen atoms in total. The molecule has 5 unspecified atom stereocenters. The van der Waals surface area contributed by atoms with Crippen molar-refractivity contribution in [2.45, 2.75) is 51.7 Å². The number of hydrogen-bond acceptors (Lipinski definition) is 4. The van der Waals surface area contributed by atoms with Crippen LogP contribution in [0, 0.1) is 18.8 Å². The van der Waals surface area contributed by atoms with E-state index in [1.807, 2.05) is 27.7 Å². The molecule has 2 N–H and O–H groups in total. The van der Waals surface area contributed by atoms with Gasteiger partial charge in [0.25, 0.3) is 0 Å². The zero-order valence-electron chi connectivity index (χ0n) is 15.2. The van der Waals surface area contributed by atoms with Crippen LogP contribution in [0.25, 0.3) is 0 Å². The Morgan fingerprint density at radius 2 is 1.96 bits per heavy atom. The highest BCUT2D eigenvalue weighted by Gasteiger charge is 2.70. The average Bonchev–Trinajstić information content (AvgIpc) is 3.13. The van der Waals surface area contributed by atoms with E-state index in [1.165, 1.54) is 4.90 Å². The van der Waals surface area contributed by atoms with Crippen molar-refractivity contribution in [2.24, 2.45) is 11.8 Å². The molecule has 2 saturated heterocycles. The summed E-state index contributed by atoms with van der Waals surface area (Å²) in [5.41, 5.74) is 0.941. The van der Waals surface area contributed by atoms with E-state index in [0.29, 0.717) is 22.7 Å². The van der Waals surface area contributed by atoms with E-state index < -0.39 is 17.4 Å². The number of carbonyl (C=O) groups excluding carboxylic acids is 3. The highest BCUT2D eigenvalue weighted by molar-refractivity contribution is 6.31. The Balaban J connectivity index is 1.91. The zero-order chi connectivity index (χ0) is 19.0. The van der Waals surface area contributed by atoms with Gasteiger partial charge in [0.2, 0.25) is 17.7 Å². The molecular formula is C19H22ClN3O3. The number of hydrogen-bond donors (Lipinski definition) is 2. The SMILES string of the molecule is CCC(C)N1C(=O)C2C(C)NC3(C(=O)Nc4c(C)cc(Cl)cc43)C2C1=O. The summed E-state index contributed by atoms with van der Waals surface area (Å²) in [7, 11) is 0. The third-order valence-corrected chi connectivity index (χ3v) is 6.42. The van der Waals surface area contributed by atoms with Gasteiger partial charge < -0.3 is 5.32 Å². The predicted octanol–water partition coefficient (Wildman–Crippen LogP) is 2.19. The lowest BCUT2D eigenvalue weighted by Crippen LogP contribution is -2.53. The largest absolute Gasteiger partial charge is 0.324 e. The van der Waals surface area contributed by atoms with Gasteiger partial charge in [-0.25, -0.2) is 0 Å². The molecule has 5 atom stereocenters. The topological polar surface area (TPSA) is 78.5 Å². The first kappa shape index (κ1) is 17.5. The van der Waals surface area contributed by atoms with Crippen LogP contribution in [0.15, 0.2) is 12.1 Å². The van der Waals surface area contributed by atoms with Crippen molar-refractivity contribution in [2.75, 3.05) is 5.32 Å². The van der Waals surface area contributed by atoms with Gasteiger partial charge in [0.05, 0.1) is 11.8 Å². The van der Waals surface area contributed by atoms with E-state index in [0.717, 1.165) is 5.56 Å². The van der Waals surface area contributed by atoms with Gasteiger partial charge in [0.1, 0.15) is 5.54 Å². The number of imide groups is 1. The van der Waals surface area contributed by atoms with Crippen molar-refractivity contribution in [3.05, 3.63) is 28.3 Å². The molecule has 0 radical (unpaired) electrons. The molecule has 0 aromatic heterocycles. The van der Waals surface area contributed by atoms with Crippen LogP contribution in [0.4, 0.5) is 5.69 Å². The molecule has 4 rings (SSSR count). The fourth-order valence-corrected chi connectivity index (χ4v) is 5.11. The first-order chi connectivity index (χ1) is 12.2. The predicted molar refractivity (Wildman–Crippen MR) is 97.7 cm³/mol. The summed E-state index contributed by atoms with van der Waals surface area (Å²) < 4.78 is 0. The highest BCUT2D eigenvalue weighted by Crippen LogP contribution is 2.54. The molecular weight excluding hydrogens is 354 g/mol. The van der Waals surface area contributed by atoms with Gasteiger partial charge in [-0.15, -0.1) is 0 Å². The van der Waals surface area contributed by atoms with Crippen LogP contribution in [-0.4, -0.2) is 34.7 Å². The van der Waals surface area contributed by atoms with E-state index in [9.17, 15) is 14.4 Å². The Hall–Kier alpha value is -1.92. The number of likely N-dealkylation sites (tertiary alicyclic amines) is 1. The second-order valence-electron chi connectivity index (χ2n) is 7.65. The molecule has 0 aliphatic carbocycles. The highest BCUT2D eigenvalue weighted by atomic mass is 35.5. The van der Waals surface area contributed by atoms with Crippen LogP contribution in [0.2, 0.25) is 5.02 Å². The molecule has 0 bridgehead atoms. The first-order valence-corrected chi connectivity index (χ1v) is 9.38. The van der Waals surface area contributed by atoms with Crippen molar-refractivity contribution in [1.29, 1.82) is 0 Å². The van der Waals surface area contributed by atoms with E-state index in [2.05, 4.69) is 10.6 Å². The van der Waals surface area contributed by atoms with Crippen molar-refractivity contribution >= 4 is 35.0 Å². The summed E-state index contributed by atoms with van der Waals surface area (Å²) in [4.78, 5) is 40.8. The summed E-state index contributed by atoms with van der Waals surface area (Å²) in [5, 5.41) is 6.71. The van der Waals surface area contributed by atoms with Gasteiger partial charge in [-0.2, -0.15) is 0 Å². The van der Waals surface area contributed by atoms with Gasteiger partial charge in [-0.05, 0) is 44.9 Å². The Morgan fingerprint density at radius 3 is 2.62 bits per heavy atom. The number of amides is 3. The Bertz CT molecular complexity index is 855. The minimum absolute atomic E-state index is 0.185. The average molecular weight is 376 g/mol. The molecule has 3 amide bonds. The number of nitrogens with zero attached hydrogens (tertiary/aromatic N) is 1. The van der Waals surface area contributed by atoms with Crippen LogP contribution in [0.3, 0.4) is 0 Å². The maximum atomic E-state index is 13.3. The number of nitrogens with one attached hydrogen (secondary N) is 2. The molecule has 2 fully saturated rings. The van der Waals surface area contributed by atoms with E-state index in [4.69, 9.17) is 11.6 Å². The molecule has 138 valence electrons. The fraction of sp³-hybridized carbons (Fsp3) is 0.526. The smallest absolute Gasteiger partial charge is 0.250 e. The maximum absolute atomic E-state index is 13.3. The molecule has 1 aromatic rings. The van der Waals surface area contributed by atoms with E-state index in [-0.39, 0.29) is 29.8 Å². The summed E-state index contributed by atoms with van der Waals surface area (Å²) in [6.45, 7) is 7.54. The van der Waals surface area contributed by atoms with Crippen LogP contribution in [0.1, 0.15) is 38.3 Å². The van der Waals surface area contributed by atoms with E-state index >= 15 is 0 Å². The van der Waals surface area contributed by atoms with Crippen molar-refractivity contribution in [1.82, 2.24) is 10.2 Å². The molecule has 0 saturated carbocycles. The maximum Gasteiger partial charge on any atom is 0.250 e. The minimum Gasteiger partial charge on any atom is -0.324 e. The normalized spacial score (nSPS) is 33.7. The molecule has 7 heteroatoms. The van der Waals surface area contributed by atoms with Crippen molar-refractivity contribution in [3.63, 3.8) is 0 Å². The molecule has 3 heterocycles. The Kier molecular flexibility index (Phi) is 3.72. The van der Waals surface area contributed by atoms with Crippen molar-refractivity contribution in [3.8, 4) is 0 Å². The first-order valence-electron chi connectivity index (χ1n) is 9.00. The minimum atomic E-state index is -1.25. The Morgan fingerprint density at radius 1 is 1.27 bits per heavy atom. The van der Waals surface area contributed by atoms with Gasteiger partial charge >= 0.3 is 0 Å². The monoisotopic (exact) mass is 375 g/mol. The summed E-state index contributed by atoms with van der Waals surface area (Å²) in [6, 6.07) is 3.03. The van der Waals surface area contributed by atoms with Crippen LogP contribution >= 0.6 is 11.6 Å². The number of carbonyl (C=O) groups is 3. The zero-order valence-corrected chi connectivity index (χ0v) is 16.0. The lowest BCUT2D eigenvalue weighted by atomic mass is 9.76. The van der Waals surface area contributed by atoms with Crippen LogP contribution in [0.5, 0.6) is 0 Å². The third-order valence-electron chi connectivity index (χ3n) is 6.20. The Labute approximate surface area is 157 Å². The molecule has 26 heavy (non-hydrogen) atoms. The second kappa shape index (κ2) is 5.54. The number of rotatable bonds is 2. The summed E-state index contributed by atoms with van der Waals surface area (Å²) in [6.07, 6.45) is 0.680. The molecule has 3 aliphatic rings. The van der Waals surface area contributed by atoms with Crippen LogP contribution < -0.4 is 10.6 Å². The number of benzene rings is 1. The third kappa shape index (κ3) is 1.94. The molecule has 1 spiro atoms. The van der Waals surface area contributed by atoms with Gasteiger partial charge in [-0.1, -0.05) is 18.5 Å². The summed E-state index contributed by atoms with van der Waals surface area (Å²) >= 11 is 6.25.